The van der Waals surface area contributed by atoms with Gasteiger partial charge in [-0.2, -0.15) is 0 Å². The van der Waals surface area contributed by atoms with Crippen LogP contribution in [-0.2, 0) is 28.6 Å². The first kappa shape index (κ1) is 74.9. The summed E-state index contributed by atoms with van der Waals surface area (Å²) in [5.74, 6) is -0.857. The van der Waals surface area contributed by atoms with Gasteiger partial charge in [-0.1, -0.05) is 328 Å². The zero-order valence-corrected chi connectivity index (χ0v) is 52.3. The Balaban J connectivity index is 3.94. The third-order valence-corrected chi connectivity index (χ3v) is 15.9. The maximum atomic E-state index is 12.8. The average Bonchev–Trinajstić information content (AvgIpc) is 3.43. The molecule has 0 aliphatic heterocycles. The van der Waals surface area contributed by atoms with E-state index in [1.165, 1.54) is 289 Å². The summed E-state index contributed by atoms with van der Waals surface area (Å²) in [5.41, 5.74) is 0. The number of hydrogen-bond acceptors (Lipinski definition) is 6. The van der Waals surface area contributed by atoms with Gasteiger partial charge in [0.25, 0.3) is 0 Å². The van der Waals surface area contributed by atoms with Crippen molar-refractivity contribution >= 4 is 17.9 Å². The van der Waals surface area contributed by atoms with Crippen LogP contribution in [0.2, 0.25) is 0 Å². The highest BCUT2D eigenvalue weighted by molar-refractivity contribution is 5.71. The Morgan fingerprint density at radius 3 is 0.649 bits per heavy atom. The standard InChI is InChI=1S/C71H134O6/c1-4-7-10-13-16-19-21-23-25-27-28-29-30-31-32-33-34-35-36-37-38-39-40-41-42-43-44-45-47-48-50-52-55-58-61-64-70(73)76-67-68(66-75-69(72)63-60-57-54-18-15-12-9-6-3)77-71(74)65-62-59-56-53-51-49-46-26-24-22-20-17-14-11-8-5-2/h26-28,46,68H,4-25,29-45,47-67H2,1-3H3/b28-27-,46-26-. The van der Waals surface area contributed by atoms with Crippen LogP contribution in [0, 0.1) is 0 Å². The molecular weight excluding hydrogens is 949 g/mol. The van der Waals surface area contributed by atoms with Crippen LogP contribution < -0.4 is 0 Å². The highest BCUT2D eigenvalue weighted by Gasteiger charge is 2.19. The van der Waals surface area contributed by atoms with Crippen molar-refractivity contribution in [3.63, 3.8) is 0 Å². The molecule has 0 fully saturated rings. The van der Waals surface area contributed by atoms with Gasteiger partial charge in [0.05, 0.1) is 0 Å². The third kappa shape index (κ3) is 64.6. The van der Waals surface area contributed by atoms with E-state index < -0.39 is 6.10 Å². The van der Waals surface area contributed by atoms with Gasteiger partial charge in [0.15, 0.2) is 6.10 Å². The van der Waals surface area contributed by atoms with Crippen LogP contribution in [-0.4, -0.2) is 37.2 Å². The summed E-state index contributed by atoms with van der Waals surface area (Å²) >= 11 is 0. The van der Waals surface area contributed by atoms with Gasteiger partial charge in [0, 0.05) is 19.3 Å². The third-order valence-electron chi connectivity index (χ3n) is 15.9. The predicted molar refractivity (Wildman–Crippen MR) is 335 cm³/mol. The van der Waals surface area contributed by atoms with Crippen LogP contribution in [0.1, 0.15) is 393 Å². The first-order chi connectivity index (χ1) is 38.0. The largest absolute Gasteiger partial charge is 0.462 e. The van der Waals surface area contributed by atoms with Gasteiger partial charge < -0.3 is 14.2 Å². The predicted octanol–water partition coefficient (Wildman–Crippen LogP) is 23.8. The Morgan fingerprint density at radius 1 is 0.247 bits per heavy atom. The van der Waals surface area contributed by atoms with Crippen molar-refractivity contribution in [1.29, 1.82) is 0 Å². The van der Waals surface area contributed by atoms with Crippen molar-refractivity contribution in [3.8, 4) is 0 Å². The van der Waals surface area contributed by atoms with Crippen LogP contribution in [0.4, 0.5) is 0 Å². The minimum absolute atomic E-state index is 0.0688. The van der Waals surface area contributed by atoms with Crippen LogP contribution in [0.3, 0.4) is 0 Å². The molecule has 0 saturated heterocycles. The second-order valence-corrected chi connectivity index (χ2v) is 23.8. The number of rotatable bonds is 65. The first-order valence-electron chi connectivity index (χ1n) is 34.8. The van der Waals surface area contributed by atoms with E-state index in [0.29, 0.717) is 19.3 Å². The molecular formula is C71H134O6. The minimum Gasteiger partial charge on any atom is -0.462 e. The fourth-order valence-electron chi connectivity index (χ4n) is 10.7. The van der Waals surface area contributed by atoms with Crippen LogP contribution in [0.15, 0.2) is 24.3 Å². The number of carbonyl (C=O) groups is 3. The maximum absolute atomic E-state index is 12.8. The molecule has 0 aliphatic carbocycles. The van der Waals surface area contributed by atoms with Gasteiger partial charge in [0.2, 0.25) is 0 Å². The highest BCUT2D eigenvalue weighted by Crippen LogP contribution is 2.18. The number of allylic oxidation sites excluding steroid dienone is 4. The quantitative estimate of drug-likeness (QED) is 0.0261. The van der Waals surface area contributed by atoms with E-state index in [9.17, 15) is 14.4 Å². The van der Waals surface area contributed by atoms with Crippen molar-refractivity contribution in [2.45, 2.75) is 399 Å². The van der Waals surface area contributed by atoms with Gasteiger partial charge in [-0.15, -0.1) is 0 Å². The maximum Gasteiger partial charge on any atom is 0.306 e. The van der Waals surface area contributed by atoms with Crippen molar-refractivity contribution < 1.29 is 28.6 Å². The Kier molecular flexibility index (Phi) is 64.6. The van der Waals surface area contributed by atoms with Gasteiger partial charge in [-0.05, 0) is 70.6 Å². The molecule has 0 spiro atoms. The molecule has 0 radical (unpaired) electrons. The SMILES string of the molecule is CCCCCCCCC/C=C\CCCCCCCC(=O)OC(COC(=O)CCCCCCCCCC)COC(=O)CCCCCCCCCCCCCCCCCCCCCCCCC/C=C\CCCCCCCCCC. The number of esters is 3. The van der Waals surface area contributed by atoms with Crippen LogP contribution in [0.25, 0.3) is 0 Å². The van der Waals surface area contributed by atoms with Gasteiger partial charge in [0.1, 0.15) is 13.2 Å². The van der Waals surface area contributed by atoms with Gasteiger partial charge >= 0.3 is 17.9 Å². The van der Waals surface area contributed by atoms with E-state index in [-0.39, 0.29) is 31.1 Å². The summed E-state index contributed by atoms with van der Waals surface area (Å²) in [4.78, 5) is 38.1. The molecule has 0 amide bonds. The molecule has 0 bridgehead atoms. The molecule has 0 heterocycles. The number of unbranched alkanes of at least 4 members (excludes halogenated alkanes) is 50. The van der Waals surface area contributed by atoms with Crippen molar-refractivity contribution in [2.24, 2.45) is 0 Å². The average molecular weight is 1080 g/mol. The smallest absolute Gasteiger partial charge is 0.306 e. The molecule has 0 aromatic heterocycles. The lowest BCUT2D eigenvalue weighted by Crippen LogP contribution is -2.30. The zero-order chi connectivity index (χ0) is 55.7. The Hall–Kier alpha value is -2.11. The summed E-state index contributed by atoms with van der Waals surface area (Å²) in [6.45, 7) is 6.66. The molecule has 0 aliphatic rings. The molecule has 0 N–H and O–H groups in total. The highest BCUT2D eigenvalue weighted by atomic mass is 16.6. The lowest BCUT2D eigenvalue weighted by molar-refractivity contribution is -0.167. The summed E-state index contributed by atoms with van der Waals surface area (Å²) < 4.78 is 16.9. The molecule has 6 heteroatoms. The number of ether oxygens (including phenoxy) is 3. The van der Waals surface area contributed by atoms with Gasteiger partial charge in [-0.25, -0.2) is 0 Å². The van der Waals surface area contributed by atoms with E-state index in [1.807, 2.05) is 0 Å². The first-order valence-corrected chi connectivity index (χ1v) is 34.8. The fraction of sp³-hybridized carbons (Fsp3) is 0.901. The minimum atomic E-state index is -0.770. The molecule has 0 aromatic carbocycles. The van der Waals surface area contributed by atoms with Crippen LogP contribution in [0.5, 0.6) is 0 Å². The van der Waals surface area contributed by atoms with E-state index in [0.717, 1.165) is 64.2 Å². The van der Waals surface area contributed by atoms with Crippen molar-refractivity contribution in [2.75, 3.05) is 13.2 Å². The zero-order valence-electron chi connectivity index (χ0n) is 52.3. The van der Waals surface area contributed by atoms with E-state index >= 15 is 0 Å². The van der Waals surface area contributed by atoms with E-state index in [1.54, 1.807) is 0 Å². The molecule has 0 saturated carbocycles. The lowest BCUT2D eigenvalue weighted by Gasteiger charge is -2.18. The molecule has 77 heavy (non-hydrogen) atoms. The number of carbonyl (C=O) groups excluding carboxylic acids is 3. The Bertz CT molecular complexity index is 1240. The Morgan fingerprint density at radius 2 is 0.429 bits per heavy atom. The molecule has 454 valence electrons. The van der Waals surface area contributed by atoms with Crippen molar-refractivity contribution in [1.82, 2.24) is 0 Å². The molecule has 0 rings (SSSR count). The van der Waals surface area contributed by atoms with Crippen LogP contribution >= 0.6 is 0 Å². The van der Waals surface area contributed by atoms with Gasteiger partial charge in [-0.3, -0.25) is 14.4 Å². The normalized spacial score (nSPS) is 12.1. The molecule has 1 atom stereocenters. The van der Waals surface area contributed by atoms with E-state index in [2.05, 4.69) is 45.1 Å². The van der Waals surface area contributed by atoms with E-state index in [4.69, 9.17) is 14.2 Å². The molecule has 6 nitrogen and oxygen atoms in total. The second-order valence-electron chi connectivity index (χ2n) is 23.8. The lowest BCUT2D eigenvalue weighted by atomic mass is 10.0. The Labute approximate surface area is 481 Å². The molecule has 1 unspecified atom stereocenters. The topological polar surface area (TPSA) is 78.9 Å². The fourth-order valence-corrected chi connectivity index (χ4v) is 10.7. The monoisotopic (exact) mass is 1080 g/mol. The summed E-state index contributed by atoms with van der Waals surface area (Å²) in [5, 5.41) is 0. The summed E-state index contributed by atoms with van der Waals surface area (Å²) in [7, 11) is 0. The number of hydrogen-bond donors (Lipinski definition) is 0. The van der Waals surface area contributed by atoms with Crippen molar-refractivity contribution in [3.05, 3.63) is 24.3 Å². The molecule has 0 aromatic rings. The summed E-state index contributed by atoms with van der Waals surface area (Å²) in [6.07, 6.45) is 81.0. The second kappa shape index (κ2) is 66.4. The summed E-state index contributed by atoms with van der Waals surface area (Å²) in [6, 6.07) is 0.